The minimum atomic E-state index is -0.0392. The number of amidine groups is 1. The predicted molar refractivity (Wildman–Crippen MR) is 112 cm³/mol. The molecule has 134 valence electrons. The zero-order chi connectivity index (χ0) is 18.9. The van der Waals surface area contributed by atoms with E-state index in [4.69, 9.17) is 11.6 Å². The summed E-state index contributed by atoms with van der Waals surface area (Å²) in [6.45, 7) is 6.56. The molecule has 1 amide bonds. The number of aliphatic imine (C=N–C) groups is 1. The minimum Gasteiger partial charge on any atom is -0.290 e. The molecule has 1 aliphatic heterocycles. The maximum atomic E-state index is 12.5. The van der Waals surface area contributed by atoms with E-state index in [1.165, 1.54) is 17.3 Å². The summed E-state index contributed by atoms with van der Waals surface area (Å²) in [6.07, 6.45) is 1.92. The van der Waals surface area contributed by atoms with Gasteiger partial charge < -0.3 is 0 Å². The summed E-state index contributed by atoms with van der Waals surface area (Å²) in [5.41, 5.74) is 3.16. The lowest BCUT2D eigenvalue weighted by Gasteiger charge is -2.18. The smallest absolute Gasteiger partial charge is 0.266 e. The van der Waals surface area contributed by atoms with Crippen LogP contribution in [0, 0.1) is 0 Å². The zero-order valence-electron chi connectivity index (χ0n) is 15.3. The van der Waals surface area contributed by atoms with Crippen LogP contribution in [0.1, 0.15) is 31.9 Å². The van der Waals surface area contributed by atoms with Crippen molar-refractivity contribution in [2.45, 2.75) is 26.2 Å². The van der Waals surface area contributed by atoms with Crippen LogP contribution in [0.2, 0.25) is 5.02 Å². The molecule has 3 nitrogen and oxygen atoms in total. The monoisotopic (exact) mass is 384 g/mol. The molecule has 0 spiro atoms. The highest BCUT2D eigenvalue weighted by molar-refractivity contribution is 8.18. The molecule has 2 aromatic carbocycles. The molecule has 1 fully saturated rings. The van der Waals surface area contributed by atoms with Gasteiger partial charge in [0.05, 0.1) is 10.6 Å². The molecule has 0 radical (unpaired) electrons. The van der Waals surface area contributed by atoms with Crippen molar-refractivity contribution in [2.75, 3.05) is 7.05 Å². The molecule has 1 heterocycles. The van der Waals surface area contributed by atoms with E-state index in [9.17, 15) is 4.79 Å². The van der Waals surface area contributed by atoms with Crippen molar-refractivity contribution in [1.29, 1.82) is 0 Å². The fourth-order valence-corrected chi connectivity index (χ4v) is 3.62. The number of likely N-dealkylation sites (N-methyl/N-ethyl adjacent to an activating group) is 1. The first-order chi connectivity index (χ1) is 12.2. The molecule has 1 saturated heterocycles. The third kappa shape index (κ3) is 4.19. The highest BCUT2D eigenvalue weighted by Gasteiger charge is 2.30. The van der Waals surface area contributed by atoms with Crippen LogP contribution in [0.5, 0.6) is 0 Å². The topological polar surface area (TPSA) is 32.7 Å². The van der Waals surface area contributed by atoms with E-state index in [2.05, 4.69) is 50.0 Å². The van der Waals surface area contributed by atoms with E-state index in [1.54, 1.807) is 24.1 Å². The number of carbonyl (C=O) groups is 1. The Balaban J connectivity index is 1.84. The SMILES string of the molecule is CN1C(=O)/C(=C/c2ccc(C(C)(C)C)cc2)SC1=Nc1ccc(Cl)cc1. The summed E-state index contributed by atoms with van der Waals surface area (Å²) in [4.78, 5) is 19.3. The Labute approximate surface area is 163 Å². The summed E-state index contributed by atoms with van der Waals surface area (Å²) in [6, 6.07) is 15.6. The van der Waals surface area contributed by atoms with Gasteiger partial charge in [0.25, 0.3) is 5.91 Å². The highest BCUT2D eigenvalue weighted by atomic mass is 35.5. The molecule has 1 aliphatic rings. The summed E-state index contributed by atoms with van der Waals surface area (Å²) in [5, 5.41) is 1.33. The summed E-state index contributed by atoms with van der Waals surface area (Å²) in [7, 11) is 1.74. The molecule has 0 bridgehead atoms. The first-order valence-corrected chi connectivity index (χ1v) is 9.56. The van der Waals surface area contributed by atoms with Crippen molar-refractivity contribution in [3.63, 3.8) is 0 Å². The Morgan fingerprint density at radius 1 is 1.04 bits per heavy atom. The van der Waals surface area contributed by atoms with E-state index in [-0.39, 0.29) is 11.3 Å². The quantitative estimate of drug-likeness (QED) is 0.606. The average molecular weight is 385 g/mol. The second kappa shape index (κ2) is 7.29. The molecule has 26 heavy (non-hydrogen) atoms. The largest absolute Gasteiger partial charge is 0.290 e. The molecule has 0 N–H and O–H groups in total. The number of hydrogen-bond donors (Lipinski definition) is 0. The lowest BCUT2D eigenvalue weighted by atomic mass is 9.87. The Kier molecular flexibility index (Phi) is 5.26. The van der Waals surface area contributed by atoms with Gasteiger partial charge in [0, 0.05) is 12.1 Å². The molecule has 0 atom stereocenters. The number of benzene rings is 2. The highest BCUT2D eigenvalue weighted by Crippen LogP contribution is 2.33. The van der Waals surface area contributed by atoms with Crippen LogP contribution < -0.4 is 0 Å². The number of amides is 1. The Bertz CT molecular complexity index is 878. The number of rotatable bonds is 2. The van der Waals surface area contributed by atoms with Crippen LogP contribution in [0.3, 0.4) is 0 Å². The Morgan fingerprint density at radius 3 is 2.23 bits per heavy atom. The standard InChI is InChI=1S/C21H21ClN2OS/c1-21(2,3)15-7-5-14(6-8-15)13-18-19(25)24(4)20(26-18)23-17-11-9-16(22)10-12-17/h5-13H,1-4H3/b18-13-,23-20?. The first-order valence-electron chi connectivity index (χ1n) is 8.36. The van der Waals surface area contributed by atoms with Gasteiger partial charge in [-0.3, -0.25) is 9.69 Å². The fourth-order valence-electron chi connectivity index (χ4n) is 2.51. The first kappa shape index (κ1) is 18.7. The van der Waals surface area contributed by atoms with Crippen LogP contribution >= 0.6 is 23.4 Å². The van der Waals surface area contributed by atoms with Crippen molar-refractivity contribution in [3.05, 3.63) is 69.6 Å². The fraction of sp³-hybridized carbons (Fsp3) is 0.238. The van der Waals surface area contributed by atoms with E-state index < -0.39 is 0 Å². The normalized spacial score (nSPS) is 18.2. The van der Waals surface area contributed by atoms with Gasteiger partial charge in [-0.1, -0.05) is 56.6 Å². The van der Waals surface area contributed by atoms with Gasteiger partial charge in [-0.15, -0.1) is 0 Å². The summed E-state index contributed by atoms with van der Waals surface area (Å²) < 4.78 is 0. The number of halogens is 1. The maximum Gasteiger partial charge on any atom is 0.266 e. The molecule has 3 rings (SSSR count). The number of carbonyl (C=O) groups excluding carboxylic acids is 1. The van der Waals surface area contributed by atoms with E-state index in [1.807, 2.05) is 18.2 Å². The van der Waals surface area contributed by atoms with Gasteiger partial charge in [0.1, 0.15) is 0 Å². The van der Waals surface area contributed by atoms with Crippen LogP contribution in [0.15, 0.2) is 58.4 Å². The van der Waals surface area contributed by atoms with Gasteiger partial charge in [-0.2, -0.15) is 0 Å². The lowest BCUT2D eigenvalue weighted by molar-refractivity contribution is -0.121. The molecule has 0 unspecified atom stereocenters. The third-order valence-corrected chi connectivity index (χ3v) is 5.44. The van der Waals surface area contributed by atoms with Crippen LogP contribution in [0.4, 0.5) is 5.69 Å². The summed E-state index contributed by atoms with van der Waals surface area (Å²) in [5.74, 6) is -0.0392. The number of nitrogens with zero attached hydrogens (tertiary/aromatic N) is 2. The van der Waals surface area contributed by atoms with E-state index >= 15 is 0 Å². The van der Waals surface area contributed by atoms with Gasteiger partial charge in [-0.05, 0) is 58.6 Å². The predicted octanol–water partition coefficient (Wildman–Crippen LogP) is 5.87. The number of hydrogen-bond acceptors (Lipinski definition) is 3. The van der Waals surface area contributed by atoms with E-state index in [0.29, 0.717) is 15.1 Å². The van der Waals surface area contributed by atoms with Crippen LogP contribution in [-0.4, -0.2) is 23.0 Å². The molecule has 0 saturated carbocycles. The Hall–Kier alpha value is -2.04. The van der Waals surface area contributed by atoms with Crippen molar-refractivity contribution in [2.24, 2.45) is 4.99 Å². The second-order valence-electron chi connectivity index (χ2n) is 7.22. The molecule has 0 aromatic heterocycles. The van der Waals surface area contributed by atoms with Gasteiger partial charge >= 0.3 is 0 Å². The van der Waals surface area contributed by atoms with E-state index in [0.717, 1.165) is 11.3 Å². The van der Waals surface area contributed by atoms with Crippen molar-refractivity contribution < 1.29 is 4.79 Å². The van der Waals surface area contributed by atoms with Crippen LogP contribution in [-0.2, 0) is 10.2 Å². The molecule has 5 heteroatoms. The number of thioether (sulfide) groups is 1. The second-order valence-corrected chi connectivity index (χ2v) is 8.66. The van der Waals surface area contributed by atoms with Crippen LogP contribution in [0.25, 0.3) is 6.08 Å². The maximum absolute atomic E-state index is 12.5. The average Bonchev–Trinajstić information content (AvgIpc) is 2.85. The molecular weight excluding hydrogens is 364 g/mol. The molecular formula is C21H21ClN2OS. The Morgan fingerprint density at radius 2 is 1.65 bits per heavy atom. The van der Waals surface area contributed by atoms with Crippen molar-refractivity contribution in [1.82, 2.24) is 4.90 Å². The van der Waals surface area contributed by atoms with Crippen molar-refractivity contribution >= 4 is 46.2 Å². The molecule has 0 aliphatic carbocycles. The van der Waals surface area contributed by atoms with Gasteiger partial charge in [0.2, 0.25) is 0 Å². The van der Waals surface area contributed by atoms with Gasteiger partial charge in [0.15, 0.2) is 5.17 Å². The minimum absolute atomic E-state index is 0.0392. The van der Waals surface area contributed by atoms with Gasteiger partial charge in [-0.25, -0.2) is 4.99 Å². The zero-order valence-corrected chi connectivity index (χ0v) is 16.9. The third-order valence-electron chi connectivity index (χ3n) is 4.13. The molecule has 2 aromatic rings. The van der Waals surface area contributed by atoms with Crippen molar-refractivity contribution in [3.8, 4) is 0 Å². The summed E-state index contributed by atoms with van der Waals surface area (Å²) >= 11 is 7.29. The lowest BCUT2D eigenvalue weighted by Crippen LogP contribution is -2.23.